The van der Waals surface area contributed by atoms with Gasteiger partial charge in [0.15, 0.2) is 0 Å². The molecule has 7 heteroatoms. The van der Waals surface area contributed by atoms with Gasteiger partial charge in [0.1, 0.15) is 15.8 Å². The van der Waals surface area contributed by atoms with Gasteiger partial charge in [0.05, 0.1) is 12.9 Å². The number of rotatable bonds is 7. The van der Waals surface area contributed by atoms with Crippen LogP contribution < -0.4 is 10.1 Å². The Kier molecular flexibility index (Phi) is 6.95. The number of anilines is 1. The lowest BCUT2D eigenvalue weighted by molar-refractivity contribution is -0.113. The van der Waals surface area contributed by atoms with Crippen LogP contribution in [0, 0.1) is 13.8 Å². The van der Waals surface area contributed by atoms with E-state index in [1.54, 1.807) is 31.3 Å². The molecule has 5 nitrogen and oxygen atoms in total. The Morgan fingerprint density at radius 3 is 2.57 bits per heavy atom. The number of methoxy groups -OCH3 is 1. The number of benzene rings is 2. The molecule has 1 amide bonds. The topological polar surface area (TPSA) is 64.1 Å². The lowest BCUT2D eigenvalue weighted by atomic mass is 10.2. The molecule has 0 aliphatic carbocycles. The van der Waals surface area contributed by atoms with Gasteiger partial charge < -0.3 is 10.1 Å². The minimum atomic E-state index is -0.0876. The number of ether oxygens (including phenoxy) is 1. The van der Waals surface area contributed by atoms with E-state index < -0.39 is 0 Å². The van der Waals surface area contributed by atoms with Crippen LogP contribution in [-0.4, -0.2) is 28.7 Å². The Labute approximate surface area is 173 Å². The number of aryl methyl sites for hydroxylation is 2. The number of nitrogens with zero attached hydrogens (tertiary/aromatic N) is 2. The zero-order chi connectivity index (χ0) is 19.9. The third-order valence-electron chi connectivity index (χ3n) is 3.88. The van der Waals surface area contributed by atoms with Crippen molar-refractivity contribution in [1.29, 1.82) is 0 Å². The van der Waals surface area contributed by atoms with E-state index in [0.717, 1.165) is 31.9 Å². The maximum absolute atomic E-state index is 12.4. The first-order valence-corrected chi connectivity index (χ1v) is 10.5. The van der Waals surface area contributed by atoms with Crippen LogP contribution in [0.5, 0.6) is 5.75 Å². The zero-order valence-electron chi connectivity index (χ0n) is 15.9. The second-order valence-corrected chi connectivity index (χ2v) is 8.13. The predicted molar refractivity (Wildman–Crippen MR) is 114 cm³/mol. The molecule has 0 radical (unpaired) electrons. The summed E-state index contributed by atoms with van der Waals surface area (Å²) in [5.41, 5.74) is 2.92. The quantitative estimate of drug-likeness (QED) is 0.553. The van der Waals surface area contributed by atoms with Crippen molar-refractivity contribution in [2.75, 3.05) is 18.2 Å². The molecule has 1 N–H and O–H groups in total. The average Bonchev–Trinajstić information content (AvgIpc) is 2.69. The second kappa shape index (κ2) is 9.61. The summed E-state index contributed by atoms with van der Waals surface area (Å²) >= 11 is 2.93. The van der Waals surface area contributed by atoms with Crippen molar-refractivity contribution in [3.05, 3.63) is 66.0 Å². The first-order chi connectivity index (χ1) is 13.5. The number of carbonyl (C=O) groups is 1. The molecule has 1 aromatic heterocycles. The van der Waals surface area contributed by atoms with Crippen molar-refractivity contribution in [3.8, 4) is 5.75 Å². The van der Waals surface area contributed by atoms with Crippen LogP contribution >= 0.6 is 23.5 Å². The fraction of sp³-hybridized carbons (Fsp3) is 0.190. The normalized spacial score (nSPS) is 10.5. The second-order valence-electron chi connectivity index (χ2n) is 6.10. The standard InChI is InChI=1S/C21H21N3O2S2/c1-14-5-4-6-17(11-14)28-21-20(22-9-10-23-21)27-13-19(25)24-18-8-7-16(26-3)12-15(18)2/h4-12H,13H2,1-3H3,(H,24,25). The highest BCUT2D eigenvalue weighted by Crippen LogP contribution is 2.33. The van der Waals surface area contributed by atoms with Gasteiger partial charge in [-0.3, -0.25) is 4.79 Å². The van der Waals surface area contributed by atoms with E-state index in [4.69, 9.17) is 4.74 Å². The van der Waals surface area contributed by atoms with Gasteiger partial charge in [-0.2, -0.15) is 0 Å². The molecule has 0 atom stereocenters. The Balaban J connectivity index is 1.64. The SMILES string of the molecule is COc1ccc(NC(=O)CSc2nccnc2Sc2cccc(C)c2)c(C)c1. The largest absolute Gasteiger partial charge is 0.497 e. The summed E-state index contributed by atoms with van der Waals surface area (Å²) in [7, 11) is 1.62. The monoisotopic (exact) mass is 411 g/mol. The van der Waals surface area contributed by atoms with Gasteiger partial charge in [-0.25, -0.2) is 9.97 Å². The third kappa shape index (κ3) is 5.50. The zero-order valence-corrected chi connectivity index (χ0v) is 17.6. The number of amides is 1. The third-order valence-corrected chi connectivity index (χ3v) is 5.97. The molecule has 3 rings (SSSR count). The molecular formula is C21H21N3O2S2. The summed E-state index contributed by atoms with van der Waals surface area (Å²) in [4.78, 5) is 22.3. The summed E-state index contributed by atoms with van der Waals surface area (Å²) < 4.78 is 5.20. The molecule has 0 fully saturated rings. The maximum atomic E-state index is 12.4. The van der Waals surface area contributed by atoms with E-state index in [1.165, 1.54) is 17.3 Å². The Bertz CT molecular complexity index is 979. The summed E-state index contributed by atoms with van der Waals surface area (Å²) in [5.74, 6) is 0.934. The van der Waals surface area contributed by atoms with Crippen LogP contribution in [0.2, 0.25) is 0 Å². The Morgan fingerprint density at radius 2 is 1.86 bits per heavy atom. The molecule has 0 saturated carbocycles. The minimum Gasteiger partial charge on any atom is -0.497 e. The minimum absolute atomic E-state index is 0.0876. The Hall–Kier alpha value is -2.51. The van der Waals surface area contributed by atoms with Crippen molar-refractivity contribution in [2.24, 2.45) is 0 Å². The van der Waals surface area contributed by atoms with E-state index in [1.807, 2.05) is 37.3 Å². The van der Waals surface area contributed by atoms with E-state index in [0.29, 0.717) is 0 Å². The first-order valence-electron chi connectivity index (χ1n) is 8.68. The van der Waals surface area contributed by atoms with Crippen molar-refractivity contribution >= 4 is 35.1 Å². The van der Waals surface area contributed by atoms with Gasteiger partial charge in [-0.15, -0.1) is 0 Å². The molecule has 3 aromatic rings. The number of aromatic nitrogens is 2. The smallest absolute Gasteiger partial charge is 0.234 e. The molecule has 0 unspecified atom stereocenters. The Morgan fingerprint density at radius 1 is 1.07 bits per heavy atom. The van der Waals surface area contributed by atoms with Crippen molar-refractivity contribution < 1.29 is 9.53 Å². The maximum Gasteiger partial charge on any atom is 0.234 e. The molecule has 0 bridgehead atoms. The number of hydrogen-bond donors (Lipinski definition) is 1. The van der Waals surface area contributed by atoms with Crippen molar-refractivity contribution in [3.63, 3.8) is 0 Å². The molecule has 0 aliphatic rings. The lowest BCUT2D eigenvalue weighted by Gasteiger charge is -2.10. The summed E-state index contributed by atoms with van der Waals surface area (Å²) in [6, 6.07) is 13.8. The fourth-order valence-corrected chi connectivity index (χ4v) is 4.32. The van der Waals surface area contributed by atoms with Crippen LogP contribution in [0.15, 0.2) is 69.8 Å². The van der Waals surface area contributed by atoms with Gasteiger partial charge in [-0.1, -0.05) is 41.2 Å². The van der Waals surface area contributed by atoms with Crippen LogP contribution in [0.4, 0.5) is 5.69 Å². The number of nitrogens with one attached hydrogen (secondary N) is 1. The highest BCUT2D eigenvalue weighted by Gasteiger charge is 2.12. The first kappa shape index (κ1) is 20.2. The van der Waals surface area contributed by atoms with Gasteiger partial charge in [0, 0.05) is 23.0 Å². The predicted octanol–water partition coefficient (Wildman–Crippen LogP) is 4.98. The van der Waals surface area contributed by atoms with E-state index in [-0.39, 0.29) is 11.7 Å². The lowest BCUT2D eigenvalue weighted by Crippen LogP contribution is -2.15. The van der Waals surface area contributed by atoms with E-state index in [9.17, 15) is 4.79 Å². The van der Waals surface area contributed by atoms with E-state index >= 15 is 0 Å². The van der Waals surface area contributed by atoms with Gasteiger partial charge in [-0.05, 0) is 49.7 Å². The summed E-state index contributed by atoms with van der Waals surface area (Å²) in [5, 5.41) is 4.48. The van der Waals surface area contributed by atoms with Gasteiger partial charge >= 0.3 is 0 Å². The van der Waals surface area contributed by atoms with Crippen LogP contribution in [0.3, 0.4) is 0 Å². The summed E-state index contributed by atoms with van der Waals surface area (Å²) in [6.07, 6.45) is 3.32. The van der Waals surface area contributed by atoms with Crippen molar-refractivity contribution in [2.45, 2.75) is 28.8 Å². The molecule has 2 aromatic carbocycles. The van der Waals surface area contributed by atoms with Crippen LogP contribution in [-0.2, 0) is 4.79 Å². The molecular weight excluding hydrogens is 390 g/mol. The van der Waals surface area contributed by atoms with Gasteiger partial charge in [0.25, 0.3) is 0 Å². The number of thioether (sulfide) groups is 1. The molecule has 0 saturated heterocycles. The average molecular weight is 412 g/mol. The molecule has 1 heterocycles. The highest BCUT2D eigenvalue weighted by molar-refractivity contribution is 8.02. The summed E-state index contributed by atoms with van der Waals surface area (Å²) in [6.45, 7) is 3.99. The van der Waals surface area contributed by atoms with Gasteiger partial charge in [0.2, 0.25) is 5.91 Å². The molecule has 28 heavy (non-hydrogen) atoms. The van der Waals surface area contributed by atoms with Crippen LogP contribution in [0.1, 0.15) is 11.1 Å². The molecule has 0 aliphatic heterocycles. The molecule has 0 spiro atoms. The number of carbonyl (C=O) groups excluding carboxylic acids is 1. The fourth-order valence-electron chi connectivity index (χ4n) is 2.50. The highest BCUT2D eigenvalue weighted by atomic mass is 32.2. The number of hydrogen-bond acceptors (Lipinski definition) is 6. The van der Waals surface area contributed by atoms with Crippen LogP contribution in [0.25, 0.3) is 0 Å². The van der Waals surface area contributed by atoms with E-state index in [2.05, 4.69) is 34.3 Å². The molecule has 144 valence electrons. The van der Waals surface area contributed by atoms with Crippen molar-refractivity contribution in [1.82, 2.24) is 9.97 Å².